The smallest absolute Gasteiger partial charge is 0.418 e. The molecular formula is C15H35NO3Si4. The summed E-state index contributed by atoms with van der Waals surface area (Å²) in [6.45, 7) is 13.3. The zero-order valence-corrected chi connectivity index (χ0v) is 21.0. The Morgan fingerprint density at radius 3 is 1.39 bits per heavy atom. The number of rotatable bonds is 12. The highest BCUT2D eigenvalue weighted by molar-refractivity contribution is 6.75. The predicted molar refractivity (Wildman–Crippen MR) is 111 cm³/mol. The minimum atomic E-state index is -2.55. The van der Waals surface area contributed by atoms with Crippen molar-refractivity contribution in [3.63, 3.8) is 0 Å². The van der Waals surface area contributed by atoms with Crippen molar-refractivity contribution in [1.29, 1.82) is 0 Å². The molecule has 0 amide bonds. The van der Waals surface area contributed by atoms with Gasteiger partial charge in [-0.15, -0.1) is 0 Å². The van der Waals surface area contributed by atoms with Crippen LogP contribution in [0.4, 0.5) is 0 Å². The third-order valence-corrected chi connectivity index (χ3v) is 14.3. The standard InChI is InChI=1S/C15H35NO3Si4/c1-13(2)10-20-17-23(9-7-8-16,18-21-11-14(3)4)19-22-12-15(5)6/h10-12H,7-9,16,20-22H2,1-6H3. The second-order valence-electron chi connectivity index (χ2n) is 6.35. The van der Waals surface area contributed by atoms with E-state index in [2.05, 4.69) is 58.6 Å². The Labute approximate surface area is 150 Å². The van der Waals surface area contributed by atoms with Crippen LogP contribution in [0.15, 0.2) is 33.8 Å². The van der Waals surface area contributed by atoms with Crippen molar-refractivity contribution in [1.82, 2.24) is 0 Å². The number of nitrogens with two attached hydrogens (primary N) is 1. The van der Waals surface area contributed by atoms with Gasteiger partial charge < -0.3 is 18.1 Å². The summed E-state index contributed by atoms with van der Waals surface area (Å²) in [4.78, 5) is 0. The molecule has 23 heavy (non-hydrogen) atoms. The lowest BCUT2D eigenvalue weighted by molar-refractivity contribution is 0.283. The lowest BCUT2D eigenvalue weighted by Crippen LogP contribution is -2.48. The maximum absolute atomic E-state index is 6.32. The molecule has 0 heterocycles. The van der Waals surface area contributed by atoms with E-state index in [1.54, 1.807) is 0 Å². The molecule has 4 nitrogen and oxygen atoms in total. The molecule has 0 spiro atoms. The summed E-state index contributed by atoms with van der Waals surface area (Å²) in [7, 11) is -4.80. The highest BCUT2D eigenvalue weighted by Crippen LogP contribution is 2.17. The summed E-state index contributed by atoms with van der Waals surface area (Å²) in [5, 5.41) is 0. The van der Waals surface area contributed by atoms with Crippen LogP contribution in [-0.4, -0.2) is 44.6 Å². The summed E-state index contributed by atoms with van der Waals surface area (Å²) < 4.78 is 19.0. The van der Waals surface area contributed by atoms with Gasteiger partial charge in [-0.25, -0.2) is 0 Å². The second kappa shape index (κ2) is 13.2. The molecule has 0 aliphatic carbocycles. The summed E-state index contributed by atoms with van der Waals surface area (Å²) in [6, 6.07) is 0.848. The Bertz CT molecular complexity index is 358. The van der Waals surface area contributed by atoms with Crippen LogP contribution < -0.4 is 5.73 Å². The quantitative estimate of drug-likeness (QED) is 0.512. The van der Waals surface area contributed by atoms with E-state index in [4.69, 9.17) is 18.1 Å². The van der Waals surface area contributed by atoms with Gasteiger partial charge in [-0.3, -0.25) is 0 Å². The van der Waals surface area contributed by atoms with Crippen molar-refractivity contribution in [2.24, 2.45) is 5.73 Å². The van der Waals surface area contributed by atoms with E-state index in [-0.39, 0.29) is 0 Å². The fourth-order valence-electron chi connectivity index (χ4n) is 1.67. The predicted octanol–water partition coefficient (Wildman–Crippen LogP) is 1.35. The van der Waals surface area contributed by atoms with E-state index in [1.807, 2.05) is 0 Å². The van der Waals surface area contributed by atoms with Crippen molar-refractivity contribution in [2.45, 2.75) is 54.0 Å². The summed E-state index contributed by atoms with van der Waals surface area (Å²) in [5.74, 6) is 0. The van der Waals surface area contributed by atoms with E-state index < -0.39 is 38.1 Å². The molecule has 0 aromatic rings. The lowest BCUT2D eigenvalue weighted by Gasteiger charge is -2.30. The normalized spacial score (nSPS) is 14.7. The average molecular weight is 390 g/mol. The van der Waals surface area contributed by atoms with Gasteiger partial charge in [0.05, 0.1) is 0 Å². The molecule has 0 aliphatic rings. The molecule has 0 atom stereocenters. The minimum Gasteiger partial charge on any atom is -0.418 e. The van der Waals surface area contributed by atoms with Gasteiger partial charge in [0.2, 0.25) is 0 Å². The van der Waals surface area contributed by atoms with E-state index in [9.17, 15) is 0 Å². The highest BCUT2D eigenvalue weighted by atomic mass is 28.5. The maximum Gasteiger partial charge on any atom is 0.469 e. The summed E-state index contributed by atoms with van der Waals surface area (Å²) in [5.41, 5.74) is 16.3. The lowest BCUT2D eigenvalue weighted by atomic mass is 10.4. The van der Waals surface area contributed by atoms with Gasteiger partial charge in [0.15, 0.2) is 29.3 Å². The van der Waals surface area contributed by atoms with Crippen LogP contribution in [0.5, 0.6) is 0 Å². The first-order valence-electron chi connectivity index (χ1n) is 8.33. The van der Waals surface area contributed by atoms with Gasteiger partial charge in [-0.1, -0.05) is 33.8 Å². The summed E-state index contributed by atoms with van der Waals surface area (Å²) in [6.07, 6.45) is 0.905. The van der Waals surface area contributed by atoms with Crippen molar-refractivity contribution in [3.8, 4) is 0 Å². The SMILES string of the molecule is CC(C)=C[SiH2]O[Si](CCCN)(O[SiH2]C=C(C)C)O[SiH2]C=C(C)C. The molecule has 0 aromatic heterocycles. The van der Waals surface area contributed by atoms with Crippen LogP contribution in [0, 0.1) is 0 Å². The first-order chi connectivity index (χ1) is 10.8. The molecular weight excluding hydrogens is 355 g/mol. The van der Waals surface area contributed by atoms with Gasteiger partial charge in [0.25, 0.3) is 0 Å². The average Bonchev–Trinajstić information content (AvgIpc) is 2.43. The zero-order chi connectivity index (χ0) is 17.7. The molecule has 134 valence electrons. The maximum atomic E-state index is 6.32. The van der Waals surface area contributed by atoms with Crippen LogP contribution in [-0.2, 0) is 12.3 Å². The van der Waals surface area contributed by atoms with E-state index >= 15 is 0 Å². The number of hydrogen-bond acceptors (Lipinski definition) is 4. The first kappa shape index (κ1) is 22.9. The van der Waals surface area contributed by atoms with E-state index in [0.29, 0.717) is 6.54 Å². The zero-order valence-electron chi connectivity index (χ0n) is 15.8. The Hall–Kier alpha value is -0.0725. The Morgan fingerprint density at radius 1 is 0.783 bits per heavy atom. The number of allylic oxidation sites excluding steroid dienone is 3. The Kier molecular flexibility index (Phi) is 13.2. The van der Waals surface area contributed by atoms with Gasteiger partial charge in [0.1, 0.15) is 0 Å². The minimum absolute atomic E-state index is 0.656. The molecule has 0 fully saturated rings. The van der Waals surface area contributed by atoms with Crippen LogP contribution in [0.2, 0.25) is 6.04 Å². The molecule has 0 saturated carbocycles. The van der Waals surface area contributed by atoms with Crippen molar-refractivity contribution >= 4 is 38.1 Å². The molecule has 0 radical (unpaired) electrons. The van der Waals surface area contributed by atoms with Gasteiger partial charge >= 0.3 is 8.80 Å². The molecule has 0 saturated heterocycles. The van der Waals surface area contributed by atoms with Crippen LogP contribution >= 0.6 is 0 Å². The van der Waals surface area contributed by atoms with E-state index in [0.717, 1.165) is 12.5 Å². The van der Waals surface area contributed by atoms with E-state index in [1.165, 1.54) is 16.7 Å². The van der Waals surface area contributed by atoms with Gasteiger partial charge in [0, 0.05) is 6.04 Å². The third kappa shape index (κ3) is 13.0. The Balaban J connectivity index is 5.02. The number of hydrogen-bond donors (Lipinski definition) is 1. The molecule has 0 aromatic carbocycles. The fraction of sp³-hybridized carbons (Fsp3) is 0.600. The molecule has 2 N–H and O–H groups in total. The van der Waals surface area contributed by atoms with Crippen molar-refractivity contribution in [3.05, 3.63) is 33.8 Å². The Morgan fingerprint density at radius 2 is 1.13 bits per heavy atom. The van der Waals surface area contributed by atoms with Gasteiger partial charge in [-0.2, -0.15) is 0 Å². The first-order valence-corrected chi connectivity index (χ1v) is 14.4. The summed E-state index contributed by atoms with van der Waals surface area (Å²) >= 11 is 0. The molecule has 0 aliphatic heterocycles. The molecule has 0 bridgehead atoms. The fourth-order valence-corrected chi connectivity index (χ4v) is 12.3. The third-order valence-electron chi connectivity index (χ3n) is 3.07. The van der Waals surface area contributed by atoms with Crippen molar-refractivity contribution < 1.29 is 12.3 Å². The van der Waals surface area contributed by atoms with Crippen molar-refractivity contribution in [2.75, 3.05) is 6.54 Å². The topological polar surface area (TPSA) is 53.7 Å². The van der Waals surface area contributed by atoms with Crippen LogP contribution in [0.1, 0.15) is 48.0 Å². The largest absolute Gasteiger partial charge is 0.469 e. The van der Waals surface area contributed by atoms with Crippen LogP contribution in [0.3, 0.4) is 0 Å². The second-order valence-corrected chi connectivity index (χ2v) is 13.9. The van der Waals surface area contributed by atoms with Crippen LogP contribution in [0.25, 0.3) is 0 Å². The van der Waals surface area contributed by atoms with Gasteiger partial charge in [-0.05, 0) is 54.5 Å². The monoisotopic (exact) mass is 389 g/mol. The molecule has 0 rings (SSSR count). The molecule has 8 heteroatoms. The highest BCUT2D eigenvalue weighted by Gasteiger charge is 2.38. The molecule has 0 unspecified atom stereocenters.